The van der Waals surface area contributed by atoms with Crippen LogP contribution in [0, 0.1) is 0 Å². The lowest BCUT2D eigenvalue weighted by molar-refractivity contribution is -0.136. The van der Waals surface area contributed by atoms with E-state index in [1.165, 1.54) is 4.90 Å². The third kappa shape index (κ3) is 3.34. The van der Waals surface area contributed by atoms with E-state index in [4.69, 9.17) is 4.74 Å². The SMILES string of the molecule is CC(C)(C)OC(=O)N1CCc2ccc3c(c2C1)C(=O)N(C1CCC(=O)NC1=O)C3=O. The van der Waals surface area contributed by atoms with Gasteiger partial charge in [0, 0.05) is 13.0 Å². The molecule has 1 saturated heterocycles. The minimum Gasteiger partial charge on any atom is -0.444 e. The van der Waals surface area contributed by atoms with Gasteiger partial charge < -0.3 is 9.64 Å². The van der Waals surface area contributed by atoms with Gasteiger partial charge in [0.2, 0.25) is 11.8 Å². The maximum atomic E-state index is 13.2. The van der Waals surface area contributed by atoms with Crippen molar-refractivity contribution in [3.63, 3.8) is 0 Å². The summed E-state index contributed by atoms with van der Waals surface area (Å²) < 4.78 is 5.44. The first kappa shape index (κ1) is 20.1. The van der Waals surface area contributed by atoms with E-state index < -0.39 is 41.4 Å². The molecule has 5 amide bonds. The van der Waals surface area contributed by atoms with E-state index >= 15 is 0 Å². The molecular formula is C21H23N3O6. The highest BCUT2D eigenvalue weighted by Crippen LogP contribution is 2.34. The molecule has 30 heavy (non-hydrogen) atoms. The molecule has 1 aromatic rings. The van der Waals surface area contributed by atoms with E-state index in [-0.39, 0.29) is 30.5 Å². The van der Waals surface area contributed by atoms with Crippen molar-refractivity contribution in [3.05, 3.63) is 34.4 Å². The molecule has 0 saturated carbocycles. The smallest absolute Gasteiger partial charge is 0.410 e. The second kappa shape index (κ2) is 6.93. The van der Waals surface area contributed by atoms with Gasteiger partial charge in [-0.2, -0.15) is 0 Å². The average molecular weight is 413 g/mol. The first-order valence-electron chi connectivity index (χ1n) is 9.91. The third-order valence-corrected chi connectivity index (χ3v) is 5.47. The van der Waals surface area contributed by atoms with Gasteiger partial charge >= 0.3 is 6.09 Å². The number of nitrogens with one attached hydrogen (secondary N) is 1. The van der Waals surface area contributed by atoms with Crippen molar-refractivity contribution in [1.29, 1.82) is 0 Å². The lowest BCUT2D eigenvalue weighted by Crippen LogP contribution is -2.54. The van der Waals surface area contributed by atoms with Crippen LogP contribution >= 0.6 is 0 Å². The highest BCUT2D eigenvalue weighted by Gasteiger charge is 2.46. The monoisotopic (exact) mass is 413 g/mol. The summed E-state index contributed by atoms with van der Waals surface area (Å²) in [6, 6.07) is 2.37. The van der Waals surface area contributed by atoms with Crippen LogP contribution in [0.4, 0.5) is 4.79 Å². The zero-order valence-electron chi connectivity index (χ0n) is 17.1. The third-order valence-electron chi connectivity index (χ3n) is 5.47. The Labute approximate surface area is 173 Å². The molecule has 0 bridgehead atoms. The van der Waals surface area contributed by atoms with Crippen LogP contribution in [0.25, 0.3) is 0 Å². The number of fused-ring (bicyclic) bond motifs is 3. The van der Waals surface area contributed by atoms with E-state index in [0.717, 1.165) is 10.5 Å². The van der Waals surface area contributed by atoms with E-state index in [0.29, 0.717) is 18.5 Å². The van der Waals surface area contributed by atoms with E-state index in [1.54, 1.807) is 32.9 Å². The number of amides is 5. The van der Waals surface area contributed by atoms with Crippen molar-refractivity contribution in [2.24, 2.45) is 0 Å². The Kier molecular flexibility index (Phi) is 4.63. The lowest BCUT2D eigenvalue weighted by Gasteiger charge is -2.32. The summed E-state index contributed by atoms with van der Waals surface area (Å²) in [6.45, 7) is 5.93. The molecule has 3 heterocycles. The topological polar surface area (TPSA) is 113 Å². The predicted octanol–water partition coefficient (Wildman–Crippen LogP) is 1.38. The fraction of sp³-hybridized carbons (Fsp3) is 0.476. The zero-order chi connectivity index (χ0) is 21.8. The molecule has 158 valence electrons. The number of carbonyl (C=O) groups is 5. The van der Waals surface area contributed by atoms with Gasteiger partial charge in [-0.1, -0.05) is 6.07 Å². The van der Waals surface area contributed by atoms with Gasteiger partial charge in [0.15, 0.2) is 0 Å². The van der Waals surface area contributed by atoms with E-state index in [2.05, 4.69) is 5.32 Å². The van der Waals surface area contributed by atoms with Gasteiger partial charge in [-0.25, -0.2) is 4.79 Å². The number of benzene rings is 1. The number of nitrogens with zero attached hydrogens (tertiary/aromatic N) is 2. The summed E-state index contributed by atoms with van der Waals surface area (Å²) in [6.07, 6.45) is 0.211. The number of ether oxygens (including phenoxy) is 1. The number of imide groups is 2. The Bertz CT molecular complexity index is 993. The molecule has 3 aliphatic heterocycles. The molecule has 1 atom stereocenters. The molecule has 9 nitrogen and oxygen atoms in total. The van der Waals surface area contributed by atoms with Crippen LogP contribution in [0.2, 0.25) is 0 Å². The molecule has 1 aromatic carbocycles. The Hall–Kier alpha value is -3.23. The molecule has 1 unspecified atom stereocenters. The summed E-state index contributed by atoms with van der Waals surface area (Å²) >= 11 is 0. The number of rotatable bonds is 1. The summed E-state index contributed by atoms with van der Waals surface area (Å²) in [5.74, 6) is -2.18. The molecule has 0 aliphatic carbocycles. The molecular weight excluding hydrogens is 390 g/mol. The summed E-state index contributed by atoms with van der Waals surface area (Å²) in [5, 5.41) is 2.19. The Balaban J connectivity index is 1.65. The van der Waals surface area contributed by atoms with Gasteiger partial charge in [0.25, 0.3) is 11.8 Å². The van der Waals surface area contributed by atoms with E-state index in [1.807, 2.05) is 0 Å². The lowest BCUT2D eigenvalue weighted by atomic mass is 9.92. The number of carbonyl (C=O) groups excluding carboxylic acids is 5. The number of hydrogen-bond donors (Lipinski definition) is 1. The maximum Gasteiger partial charge on any atom is 0.410 e. The summed E-state index contributed by atoms with van der Waals surface area (Å²) in [7, 11) is 0. The molecule has 0 spiro atoms. The van der Waals surface area contributed by atoms with Crippen LogP contribution in [0.3, 0.4) is 0 Å². The van der Waals surface area contributed by atoms with Crippen molar-refractivity contribution >= 4 is 29.7 Å². The second-order valence-electron chi connectivity index (χ2n) is 8.72. The van der Waals surface area contributed by atoms with Gasteiger partial charge in [-0.05, 0) is 50.8 Å². The standard InChI is InChI=1S/C21H23N3O6/c1-21(2,3)30-20(29)23-9-8-11-4-5-12-16(13(11)10-23)19(28)24(18(12)27)14-6-7-15(25)22-17(14)26/h4-5,14H,6-10H2,1-3H3,(H,22,25,26). The van der Waals surface area contributed by atoms with Crippen LogP contribution in [-0.2, 0) is 27.3 Å². The van der Waals surface area contributed by atoms with Crippen LogP contribution in [0.1, 0.15) is 65.5 Å². The quantitative estimate of drug-likeness (QED) is 0.696. The first-order chi connectivity index (χ1) is 14.1. The van der Waals surface area contributed by atoms with Crippen molar-refractivity contribution in [1.82, 2.24) is 15.1 Å². The highest BCUT2D eigenvalue weighted by atomic mass is 16.6. The van der Waals surface area contributed by atoms with Gasteiger partial charge in [0.1, 0.15) is 11.6 Å². The van der Waals surface area contributed by atoms with Crippen molar-refractivity contribution < 1.29 is 28.7 Å². The molecule has 9 heteroatoms. The summed E-state index contributed by atoms with van der Waals surface area (Å²) in [4.78, 5) is 64.8. The van der Waals surface area contributed by atoms with Gasteiger partial charge in [-0.3, -0.25) is 29.4 Å². The fourth-order valence-corrected chi connectivity index (χ4v) is 4.09. The second-order valence-corrected chi connectivity index (χ2v) is 8.72. The van der Waals surface area contributed by atoms with Gasteiger partial charge in [-0.15, -0.1) is 0 Å². The highest BCUT2D eigenvalue weighted by molar-refractivity contribution is 6.24. The normalized spacial score (nSPS) is 21.4. The Morgan fingerprint density at radius 3 is 2.50 bits per heavy atom. The van der Waals surface area contributed by atoms with Crippen molar-refractivity contribution in [2.75, 3.05) is 6.54 Å². The molecule has 1 fully saturated rings. The minimum absolute atomic E-state index is 0.0638. The molecule has 4 rings (SSSR count). The zero-order valence-corrected chi connectivity index (χ0v) is 17.1. The summed E-state index contributed by atoms with van der Waals surface area (Å²) in [5.41, 5.74) is 1.30. The van der Waals surface area contributed by atoms with Crippen molar-refractivity contribution in [3.8, 4) is 0 Å². The van der Waals surface area contributed by atoms with Crippen LogP contribution in [0.5, 0.6) is 0 Å². The Morgan fingerprint density at radius 2 is 1.83 bits per heavy atom. The number of hydrogen-bond acceptors (Lipinski definition) is 6. The molecule has 0 aromatic heterocycles. The largest absolute Gasteiger partial charge is 0.444 e. The average Bonchev–Trinajstić information content (AvgIpc) is 2.91. The first-order valence-corrected chi connectivity index (χ1v) is 9.91. The van der Waals surface area contributed by atoms with Crippen LogP contribution in [-0.4, -0.2) is 57.7 Å². The van der Waals surface area contributed by atoms with Crippen LogP contribution in [0.15, 0.2) is 12.1 Å². The van der Waals surface area contributed by atoms with Crippen molar-refractivity contribution in [2.45, 2.75) is 58.2 Å². The van der Waals surface area contributed by atoms with E-state index in [9.17, 15) is 24.0 Å². The molecule has 1 N–H and O–H groups in total. The maximum absolute atomic E-state index is 13.2. The Morgan fingerprint density at radius 1 is 1.10 bits per heavy atom. The minimum atomic E-state index is -1.02. The molecule has 0 radical (unpaired) electrons. The van der Waals surface area contributed by atoms with Gasteiger partial charge in [0.05, 0.1) is 17.7 Å². The molecule has 3 aliphatic rings. The predicted molar refractivity (Wildman–Crippen MR) is 103 cm³/mol. The van der Waals surface area contributed by atoms with Crippen LogP contribution < -0.4 is 5.32 Å². The fourth-order valence-electron chi connectivity index (χ4n) is 4.09. The number of piperidine rings is 1.